The Morgan fingerprint density at radius 1 is 1.35 bits per heavy atom. The van der Waals surface area contributed by atoms with Crippen molar-refractivity contribution in [1.29, 1.82) is 0 Å². The van der Waals surface area contributed by atoms with Crippen molar-refractivity contribution in [2.24, 2.45) is 0 Å². The second-order valence-corrected chi connectivity index (χ2v) is 7.80. The van der Waals surface area contributed by atoms with E-state index in [4.69, 9.17) is 0 Å². The Morgan fingerprint density at radius 3 is 2.88 bits per heavy atom. The maximum atomic E-state index is 12.9. The van der Waals surface area contributed by atoms with Crippen LogP contribution in [0.15, 0.2) is 24.3 Å². The second kappa shape index (κ2) is 7.13. The fourth-order valence-electron chi connectivity index (χ4n) is 3.38. The van der Waals surface area contributed by atoms with Crippen molar-refractivity contribution in [3.8, 4) is 0 Å². The number of rotatable bonds is 4. The second-order valence-electron chi connectivity index (χ2n) is 6.69. The highest BCUT2D eigenvalue weighted by Gasteiger charge is 2.25. The molecule has 0 unspecified atom stereocenters. The number of para-hydroxylation sites is 1. The first-order valence-corrected chi connectivity index (χ1v) is 9.67. The van der Waals surface area contributed by atoms with Gasteiger partial charge in [-0.3, -0.25) is 4.79 Å². The predicted molar refractivity (Wildman–Crippen MR) is 101 cm³/mol. The zero-order valence-corrected chi connectivity index (χ0v) is 15.8. The topological polar surface area (TPSA) is 75.9 Å². The molecule has 1 aliphatic rings. The Labute approximate surface area is 156 Å². The molecule has 136 valence electrons. The van der Waals surface area contributed by atoms with Gasteiger partial charge in [0.05, 0.1) is 28.5 Å². The monoisotopic (exact) mass is 370 g/mol. The number of carbonyl (C=O) groups excluding carboxylic acids is 1. The van der Waals surface area contributed by atoms with Crippen LogP contribution in [0.2, 0.25) is 0 Å². The minimum atomic E-state index is -0.109. The lowest BCUT2D eigenvalue weighted by Gasteiger charge is -2.23. The first-order valence-electron chi connectivity index (χ1n) is 8.86. The minimum absolute atomic E-state index is 0.109. The summed E-state index contributed by atoms with van der Waals surface area (Å²) in [6.45, 7) is 4.36. The van der Waals surface area contributed by atoms with Crippen LogP contribution in [0.3, 0.4) is 0 Å². The van der Waals surface area contributed by atoms with Gasteiger partial charge in [0.25, 0.3) is 5.91 Å². The summed E-state index contributed by atoms with van der Waals surface area (Å²) >= 11 is 1.62. The number of piperidine rings is 1. The third kappa shape index (κ3) is 3.22. The van der Waals surface area contributed by atoms with Crippen LogP contribution in [0.1, 0.15) is 40.1 Å². The molecule has 4 rings (SSSR count). The summed E-state index contributed by atoms with van der Waals surface area (Å²) in [5.41, 5.74) is 2.26. The molecule has 1 amide bonds. The van der Waals surface area contributed by atoms with E-state index in [0.717, 1.165) is 46.8 Å². The molecule has 1 saturated heterocycles. The van der Waals surface area contributed by atoms with Gasteiger partial charge < -0.3 is 10.2 Å². The number of nitrogens with zero attached hydrogens (tertiary/aromatic N) is 5. The van der Waals surface area contributed by atoms with Gasteiger partial charge >= 0.3 is 0 Å². The molecule has 3 aromatic rings. The van der Waals surface area contributed by atoms with Gasteiger partial charge in [-0.1, -0.05) is 17.3 Å². The van der Waals surface area contributed by atoms with Crippen LogP contribution >= 0.6 is 11.3 Å². The molecule has 0 atom stereocenters. The van der Waals surface area contributed by atoms with Gasteiger partial charge in [-0.15, -0.1) is 16.4 Å². The van der Waals surface area contributed by atoms with Crippen LogP contribution in [0, 0.1) is 6.92 Å². The normalized spacial score (nSPS) is 15.5. The molecule has 1 aliphatic heterocycles. The van der Waals surface area contributed by atoms with Crippen molar-refractivity contribution in [3.05, 3.63) is 40.7 Å². The Balaban J connectivity index is 1.50. The first kappa shape index (κ1) is 17.1. The third-order valence-electron chi connectivity index (χ3n) is 4.84. The highest BCUT2D eigenvalue weighted by atomic mass is 32.1. The molecule has 1 aromatic carbocycles. The van der Waals surface area contributed by atoms with E-state index in [1.165, 1.54) is 0 Å². The zero-order valence-electron chi connectivity index (χ0n) is 15.0. The number of hydrogen-bond acceptors (Lipinski definition) is 6. The van der Waals surface area contributed by atoms with E-state index in [2.05, 4.69) is 20.6 Å². The molecular weight excluding hydrogens is 348 g/mol. The van der Waals surface area contributed by atoms with Crippen LogP contribution in [0.5, 0.6) is 0 Å². The van der Waals surface area contributed by atoms with Crippen molar-refractivity contribution >= 4 is 27.5 Å². The maximum absolute atomic E-state index is 12.9. The molecule has 8 heteroatoms. The molecule has 0 saturated carbocycles. The summed E-state index contributed by atoms with van der Waals surface area (Å²) in [5.74, 6) is -0.109. The lowest BCUT2D eigenvalue weighted by atomic mass is 10.1. The summed E-state index contributed by atoms with van der Waals surface area (Å²) in [6, 6.07) is 8.34. The van der Waals surface area contributed by atoms with Crippen LogP contribution in [0.4, 0.5) is 0 Å². The van der Waals surface area contributed by atoms with Crippen LogP contribution < -0.4 is 5.32 Å². The van der Waals surface area contributed by atoms with Gasteiger partial charge in [0.15, 0.2) is 5.69 Å². The average Bonchev–Trinajstić information content (AvgIpc) is 3.24. The molecule has 2 aromatic heterocycles. The first-order chi connectivity index (χ1) is 12.6. The Bertz CT molecular complexity index is 894. The molecular formula is C18H22N6OS. The van der Waals surface area contributed by atoms with Gasteiger partial charge in [-0.25, -0.2) is 9.67 Å². The fraction of sp³-hybridized carbons (Fsp3) is 0.444. The molecule has 0 radical (unpaired) electrons. The molecule has 0 aliphatic carbocycles. The van der Waals surface area contributed by atoms with Crippen LogP contribution in [-0.4, -0.2) is 50.9 Å². The summed E-state index contributed by atoms with van der Waals surface area (Å²) in [5, 5.41) is 12.7. The smallest absolute Gasteiger partial charge is 0.276 e. The summed E-state index contributed by atoms with van der Waals surface area (Å²) < 4.78 is 3.05. The van der Waals surface area contributed by atoms with E-state index in [0.29, 0.717) is 18.3 Å². The van der Waals surface area contributed by atoms with E-state index in [-0.39, 0.29) is 5.91 Å². The number of carbonyl (C=O) groups is 1. The largest absolute Gasteiger partial charge is 0.333 e. The van der Waals surface area contributed by atoms with Gasteiger partial charge in [0.1, 0.15) is 5.01 Å². The third-order valence-corrected chi connectivity index (χ3v) is 5.86. The molecule has 3 heterocycles. The summed E-state index contributed by atoms with van der Waals surface area (Å²) in [7, 11) is 1.79. The number of nitrogens with one attached hydrogen (secondary N) is 1. The molecule has 7 nitrogen and oxygen atoms in total. The SMILES string of the molecule is Cc1c(C(=O)N(C)Cc2nc3ccccc3s2)nnn1C1CCNCC1. The van der Waals surface area contributed by atoms with Crippen molar-refractivity contribution in [2.75, 3.05) is 20.1 Å². The highest BCUT2D eigenvalue weighted by molar-refractivity contribution is 7.18. The Morgan fingerprint density at radius 2 is 2.12 bits per heavy atom. The van der Waals surface area contributed by atoms with Gasteiger partial charge in [-0.05, 0) is 45.0 Å². The van der Waals surface area contributed by atoms with E-state index < -0.39 is 0 Å². The van der Waals surface area contributed by atoms with Gasteiger partial charge in [-0.2, -0.15) is 0 Å². The molecule has 0 spiro atoms. The van der Waals surface area contributed by atoms with Crippen molar-refractivity contribution in [1.82, 2.24) is 30.2 Å². The number of thiazole rings is 1. The minimum Gasteiger partial charge on any atom is -0.333 e. The number of amides is 1. The number of hydrogen-bond donors (Lipinski definition) is 1. The lowest BCUT2D eigenvalue weighted by Crippen LogP contribution is -2.30. The lowest BCUT2D eigenvalue weighted by molar-refractivity contribution is 0.0778. The van der Waals surface area contributed by atoms with Crippen molar-refractivity contribution in [3.63, 3.8) is 0 Å². The highest BCUT2D eigenvalue weighted by Crippen LogP contribution is 2.24. The standard InChI is InChI=1S/C18H22N6OS/c1-12-17(21-22-24(12)13-7-9-19-10-8-13)18(25)23(2)11-16-20-14-5-3-4-6-15(14)26-16/h3-6,13,19H,7-11H2,1-2H3. The summed E-state index contributed by atoms with van der Waals surface area (Å²) in [4.78, 5) is 19.1. The molecule has 1 N–H and O–H groups in total. The van der Waals surface area contributed by atoms with E-state index >= 15 is 0 Å². The predicted octanol–water partition coefficient (Wildman–Crippen LogP) is 2.39. The van der Waals surface area contributed by atoms with Crippen LogP contribution in [0.25, 0.3) is 10.2 Å². The van der Waals surface area contributed by atoms with Gasteiger partial charge in [0.2, 0.25) is 0 Å². The van der Waals surface area contributed by atoms with Crippen molar-refractivity contribution in [2.45, 2.75) is 32.4 Å². The van der Waals surface area contributed by atoms with E-state index in [9.17, 15) is 4.79 Å². The summed E-state index contributed by atoms with van der Waals surface area (Å²) in [6.07, 6.45) is 2.03. The van der Waals surface area contributed by atoms with E-state index in [1.54, 1.807) is 23.3 Å². The number of aromatic nitrogens is 4. The van der Waals surface area contributed by atoms with Crippen LogP contribution in [-0.2, 0) is 6.54 Å². The zero-order chi connectivity index (χ0) is 18.1. The Kier molecular flexibility index (Phi) is 4.69. The fourth-order valence-corrected chi connectivity index (χ4v) is 4.40. The van der Waals surface area contributed by atoms with Crippen molar-refractivity contribution < 1.29 is 4.79 Å². The molecule has 26 heavy (non-hydrogen) atoms. The maximum Gasteiger partial charge on any atom is 0.276 e. The quantitative estimate of drug-likeness (QED) is 0.763. The van der Waals surface area contributed by atoms with Gasteiger partial charge in [0, 0.05) is 7.05 Å². The van der Waals surface area contributed by atoms with E-state index in [1.807, 2.05) is 35.9 Å². The number of fused-ring (bicyclic) bond motifs is 1. The Hall–Kier alpha value is -2.32. The molecule has 0 bridgehead atoms. The average molecular weight is 370 g/mol. The number of benzene rings is 1. The molecule has 1 fully saturated rings.